The van der Waals surface area contributed by atoms with E-state index in [4.69, 9.17) is 0 Å². The molecule has 0 spiro atoms. The maximum atomic E-state index is 12.6. The lowest BCUT2D eigenvalue weighted by Crippen LogP contribution is -2.49. The zero-order chi connectivity index (χ0) is 19.4. The molecule has 144 valence electrons. The van der Waals surface area contributed by atoms with Gasteiger partial charge in [0, 0.05) is 52.9 Å². The Kier molecular flexibility index (Phi) is 5.80. The lowest BCUT2D eigenvalue weighted by atomic mass is 10.2. The van der Waals surface area contributed by atoms with E-state index >= 15 is 0 Å². The van der Waals surface area contributed by atoms with E-state index in [9.17, 15) is 9.59 Å². The van der Waals surface area contributed by atoms with Gasteiger partial charge in [-0.2, -0.15) is 5.10 Å². The van der Waals surface area contributed by atoms with E-state index < -0.39 is 0 Å². The van der Waals surface area contributed by atoms with Gasteiger partial charge < -0.3 is 9.80 Å². The van der Waals surface area contributed by atoms with Crippen LogP contribution in [0.5, 0.6) is 0 Å². The van der Waals surface area contributed by atoms with E-state index in [1.807, 2.05) is 25.9 Å². The van der Waals surface area contributed by atoms with Crippen LogP contribution in [0, 0.1) is 6.92 Å². The summed E-state index contributed by atoms with van der Waals surface area (Å²) >= 11 is 0. The van der Waals surface area contributed by atoms with E-state index in [2.05, 4.69) is 20.2 Å². The Balaban J connectivity index is 1.51. The molecule has 3 heterocycles. The van der Waals surface area contributed by atoms with Crippen molar-refractivity contribution >= 4 is 11.7 Å². The number of anilines is 1. The Morgan fingerprint density at radius 1 is 1.04 bits per heavy atom. The Bertz CT molecular complexity index is 840. The molecule has 2 aromatic heterocycles. The van der Waals surface area contributed by atoms with Gasteiger partial charge in [-0.1, -0.05) is 0 Å². The standard InChI is InChI=1S/C18H25N7O2/c1-14-4-7-17(26)25(21-14)13-10-23-8-11-24(12-9-23)18(27)15-5-6-16(20-19-15)22(2)3/h4-7H,8-13H2,1-3H3. The number of carbonyl (C=O) groups is 1. The van der Waals surface area contributed by atoms with Gasteiger partial charge in [-0.15, -0.1) is 10.2 Å². The molecular formula is C18H25N7O2. The fraction of sp³-hybridized carbons (Fsp3) is 0.500. The molecule has 27 heavy (non-hydrogen) atoms. The van der Waals surface area contributed by atoms with Crippen LogP contribution in [0.15, 0.2) is 29.1 Å². The van der Waals surface area contributed by atoms with Crippen LogP contribution in [0.3, 0.4) is 0 Å². The molecule has 9 heteroatoms. The second-order valence-electron chi connectivity index (χ2n) is 6.84. The topological polar surface area (TPSA) is 87.5 Å². The zero-order valence-electron chi connectivity index (χ0n) is 16.0. The second kappa shape index (κ2) is 8.26. The predicted octanol–water partition coefficient (Wildman–Crippen LogP) is -0.134. The predicted molar refractivity (Wildman–Crippen MR) is 102 cm³/mol. The highest BCUT2D eigenvalue weighted by molar-refractivity contribution is 5.92. The fourth-order valence-corrected chi connectivity index (χ4v) is 2.96. The molecule has 0 unspecified atom stereocenters. The fourth-order valence-electron chi connectivity index (χ4n) is 2.96. The lowest BCUT2D eigenvalue weighted by molar-refractivity contribution is 0.0624. The molecule has 0 aliphatic carbocycles. The van der Waals surface area contributed by atoms with Crippen molar-refractivity contribution in [3.63, 3.8) is 0 Å². The summed E-state index contributed by atoms with van der Waals surface area (Å²) < 4.78 is 1.49. The first-order chi connectivity index (χ1) is 12.9. The van der Waals surface area contributed by atoms with Crippen LogP contribution >= 0.6 is 0 Å². The highest BCUT2D eigenvalue weighted by atomic mass is 16.2. The van der Waals surface area contributed by atoms with Crippen molar-refractivity contribution in [2.45, 2.75) is 13.5 Å². The molecule has 1 amide bonds. The van der Waals surface area contributed by atoms with Crippen LogP contribution in [0.25, 0.3) is 0 Å². The third-order valence-corrected chi connectivity index (χ3v) is 4.62. The van der Waals surface area contributed by atoms with E-state index in [1.165, 1.54) is 4.68 Å². The number of nitrogens with zero attached hydrogens (tertiary/aromatic N) is 7. The number of hydrogen-bond donors (Lipinski definition) is 0. The van der Waals surface area contributed by atoms with Gasteiger partial charge in [0.1, 0.15) is 0 Å². The van der Waals surface area contributed by atoms with Gasteiger partial charge in [-0.3, -0.25) is 14.5 Å². The van der Waals surface area contributed by atoms with Crippen molar-refractivity contribution in [2.75, 3.05) is 51.7 Å². The van der Waals surface area contributed by atoms with Gasteiger partial charge in [0.25, 0.3) is 11.5 Å². The van der Waals surface area contributed by atoms with Crippen molar-refractivity contribution in [3.05, 3.63) is 46.0 Å². The van der Waals surface area contributed by atoms with Crippen LogP contribution in [0.4, 0.5) is 5.82 Å². The Labute approximate surface area is 158 Å². The zero-order valence-corrected chi connectivity index (χ0v) is 16.0. The molecule has 0 N–H and O–H groups in total. The molecule has 3 rings (SSSR count). The summed E-state index contributed by atoms with van der Waals surface area (Å²) in [5, 5.41) is 12.4. The molecule has 0 radical (unpaired) electrons. The summed E-state index contributed by atoms with van der Waals surface area (Å²) in [4.78, 5) is 30.3. The molecule has 0 atom stereocenters. The SMILES string of the molecule is Cc1ccc(=O)n(CCN2CCN(C(=O)c3ccc(N(C)C)nn3)CC2)n1. The molecule has 1 aliphatic heterocycles. The summed E-state index contributed by atoms with van der Waals surface area (Å²) in [5.74, 6) is 0.625. The summed E-state index contributed by atoms with van der Waals surface area (Å²) in [7, 11) is 3.76. The van der Waals surface area contributed by atoms with Crippen LogP contribution < -0.4 is 10.5 Å². The third-order valence-electron chi connectivity index (χ3n) is 4.62. The van der Waals surface area contributed by atoms with E-state index in [0.717, 1.165) is 31.1 Å². The molecule has 2 aromatic rings. The first-order valence-corrected chi connectivity index (χ1v) is 9.01. The Hall–Kier alpha value is -2.81. The number of rotatable bonds is 5. The third kappa shape index (κ3) is 4.68. The first-order valence-electron chi connectivity index (χ1n) is 9.01. The first kappa shape index (κ1) is 19.0. The number of aryl methyl sites for hydroxylation is 1. The molecule has 9 nitrogen and oxygen atoms in total. The monoisotopic (exact) mass is 371 g/mol. The Morgan fingerprint density at radius 2 is 1.78 bits per heavy atom. The van der Waals surface area contributed by atoms with Gasteiger partial charge in [-0.25, -0.2) is 4.68 Å². The minimum absolute atomic E-state index is 0.0887. The van der Waals surface area contributed by atoms with Crippen LogP contribution in [0.1, 0.15) is 16.2 Å². The van der Waals surface area contributed by atoms with Crippen molar-refractivity contribution in [3.8, 4) is 0 Å². The molecule has 0 saturated carbocycles. The average Bonchev–Trinajstić information content (AvgIpc) is 2.68. The average molecular weight is 371 g/mol. The summed E-state index contributed by atoms with van der Waals surface area (Å²) in [6, 6.07) is 6.77. The maximum absolute atomic E-state index is 12.6. The second-order valence-corrected chi connectivity index (χ2v) is 6.84. The van der Waals surface area contributed by atoms with E-state index in [-0.39, 0.29) is 11.5 Å². The summed E-state index contributed by atoms with van der Waals surface area (Å²) in [6.07, 6.45) is 0. The van der Waals surface area contributed by atoms with Gasteiger partial charge >= 0.3 is 0 Å². The largest absolute Gasteiger partial charge is 0.361 e. The van der Waals surface area contributed by atoms with E-state index in [0.29, 0.717) is 25.3 Å². The summed E-state index contributed by atoms with van der Waals surface area (Å²) in [5.41, 5.74) is 1.10. The summed E-state index contributed by atoms with van der Waals surface area (Å²) in [6.45, 7) is 5.93. The number of aromatic nitrogens is 4. The molecule has 0 bridgehead atoms. The quantitative estimate of drug-likeness (QED) is 0.723. The number of carbonyl (C=O) groups excluding carboxylic acids is 1. The minimum Gasteiger partial charge on any atom is -0.361 e. The lowest BCUT2D eigenvalue weighted by Gasteiger charge is -2.34. The smallest absolute Gasteiger partial charge is 0.274 e. The van der Waals surface area contributed by atoms with Crippen molar-refractivity contribution in [1.82, 2.24) is 29.8 Å². The van der Waals surface area contributed by atoms with Crippen molar-refractivity contribution in [2.24, 2.45) is 0 Å². The molecule has 1 aliphatic rings. The minimum atomic E-state index is -0.0935. The molecular weight excluding hydrogens is 346 g/mol. The number of piperazine rings is 1. The van der Waals surface area contributed by atoms with Crippen LogP contribution in [-0.4, -0.2) is 82.5 Å². The van der Waals surface area contributed by atoms with Crippen LogP contribution in [0.2, 0.25) is 0 Å². The highest BCUT2D eigenvalue weighted by Gasteiger charge is 2.23. The van der Waals surface area contributed by atoms with Gasteiger partial charge in [-0.05, 0) is 25.1 Å². The Morgan fingerprint density at radius 3 is 2.41 bits per heavy atom. The maximum Gasteiger partial charge on any atom is 0.274 e. The highest BCUT2D eigenvalue weighted by Crippen LogP contribution is 2.10. The van der Waals surface area contributed by atoms with Crippen LogP contribution in [-0.2, 0) is 6.54 Å². The van der Waals surface area contributed by atoms with Gasteiger partial charge in [0.05, 0.1) is 12.2 Å². The van der Waals surface area contributed by atoms with E-state index in [1.54, 1.807) is 29.2 Å². The normalized spacial score (nSPS) is 15.0. The molecule has 0 aromatic carbocycles. The number of hydrogen-bond acceptors (Lipinski definition) is 7. The number of amides is 1. The van der Waals surface area contributed by atoms with Crippen molar-refractivity contribution in [1.29, 1.82) is 0 Å². The van der Waals surface area contributed by atoms with Gasteiger partial charge in [0.2, 0.25) is 0 Å². The molecule has 1 fully saturated rings. The van der Waals surface area contributed by atoms with Crippen molar-refractivity contribution < 1.29 is 4.79 Å². The molecule has 1 saturated heterocycles. The van der Waals surface area contributed by atoms with Gasteiger partial charge in [0.15, 0.2) is 11.5 Å².